The van der Waals surface area contributed by atoms with E-state index in [1.54, 1.807) is 12.1 Å². The first-order valence-electron chi connectivity index (χ1n) is 8.09. The third-order valence-corrected chi connectivity index (χ3v) is 3.49. The van der Waals surface area contributed by atoms with Crippen molar-refractivity contribution >= 4 is 11.8 Å². The van der Waals surface area contributed by atoms with Gasteiger partial charge in [0.2, 0.25) is 0 Å². The van der Waals surface area contributed by atoms with Crippen molar-refractivity contribution in [2.24, 2.45) is 0 Å². The molecule has 7 heteroatoms. The molecular weight excluding hydrogens is 310 g/mol. The van der Waals surface area contributed by atoms with Gasteiger partial charge in [-0.3, -0.25) is 10.1 Å². The van der Waals surface area contributed by atoms with Crippen LogP contribution in [0.5, 0.6) is 0 Å². The van der Waals surface area contributed by atoms with Crippen molar-refractivity contribution < 1.29 is 14.5 Å². The molecule has 0 fully saturated rings. The van der Waals surface area contributed by atoms with E-state index in [-0.39, 0.29) is 17.8 Å². The number of carbonyl (C=O) groups is 1. The van der Waals surface area contributed by atoms with E-state index in [0.29, 0.717) is 6.54 Å². The Kier molecular flexibility index (Phi) is 7.16. The summed E-state index contributed by atoms with van der Waals surface area (Å²) in [5, 5.41) is 16.8. The van der Waals surface area contributed by atoms with Gasteiger partial charge in [-0.2, -0.15) is 0 Å². The minimum Gasteiger partial charge on any atom is -0.444 e. The third-order valence-electron chi connectivity index (χ3n) is 3.49. The summed E-state index contributed by atoms with van der Waals surface area (Å²) >= 11 is 0. The smallest absolute Gasteiger partial charge is 0.407 e. The summed E-state index contributed by atoms with van der Waals surface area (Å²) in [6.07, 6.45) is 0.332. The van der Waals surface area contributed by atoms with Crippen molar-refractivity contribution in [1.29, 1.82) is 0 Å². The van der Waals surface area contributed by atoms with Gasteiger partial charge >= 0.3 is 6.09 Å². The number of carbonyl (C=O) groups excluding carboxylic acids is 1. The molecule has 0 radical (unpaired) electrons. The lowest BCUT2D eigenvalue weighted by Gasteiger charge is -2.24. The molecule has 1 aromatic rings. The predicted molar refractivity (Wildman–Crippen MR) is 93.0 cm³/mol. The lowest BCUT2D eigenvalue weighted by molar-refractivity contribution is -0.384. The first-order chi connectivity index (χ1) is 11.1. The quantitative estimate of drug-likeness (QED) is 0.586. The van der Waals surface area contributed by atoms with Gasteiger partial charge in [0.05, 0.1) is 4.92 Å². The van der Waals surface area contributed by atoms with E-state index in [0.717, 1.165) is 12.0 Å². The van der Waals surface area contributed by atoms with Crippen molar-refractivity contribution in [1.82, 2.24) is 10.6 Å². The molecule has 0 saturated carbocycles. The molecule has 0 aliphatic carbocycles. The summed E-state index contributed by atoms with van der Waals surface area (Å²) in [6, 6.07) is 6.41. The standard InChI is InChI=1S/C17H27N3O4/c1-6-14(19-16(21)24-17(3,4)5)11-18-12(2)13-7-9-15(10-8-13)20(22)23/h7-10,12,14,18H,6,11H2,1-5H3,(H,19,21). The van der Waals surface area contributed by atoms with Gasteiger partial charge in [0.1, 0.15) is 5.60 Å². The molecule has 1 rings (SSSR count). The van der Waals surface area contributed by atoms with E-state index in [1.807, 2.05) is 34.6 Å². The molecule has 1 aromatic carbocycles. The van der Waals surface area contributed by atoms with Gasteiger partial charge < -0.3 is 15.4 Å². The Morgan fingerprint density at radius 1 is 1.29 bits per heavy atom. The average Bonchev–Trinajstić information content (AvgIpc) is 2.49. The van der Waals surface area contributed by atoms with Crippen LogP contribution in [0.15, 0.2) is 24.3 Å². The van der Waals surface area contributed by atoms with E-state index in [1.165, 1.54) is 12.1 Å². The topological polar surface area (TPSA) is 93.5 Å². The molecule has 0 aromatic heterocycles. The number of ether oxygens (including phenoxy) is 1. The van der Waals surface area contributed by atoms with Crippen molar-refractivity contribution in [2.45, 2.75) is 58.7 Å². The number of non-ortho nitro benzene ring substituents is 1. The van der Waals surface area contributed by atoms with Gasteiger partial charge in [-0.25, -0.2) is 4.79 Å². The third kappa shape index (κ3) is 6.95. The Balaban J connectivity index is 2.52. The van der Waals surface area contributed by atoms with Gasteiger partial charge in [0.15, 0.2) is 0 Å². The molecule has 0 bridgehead atoms. The Labute approximate surface area is 142 Å². The second kappa shape index (κ2) is 8.63. The van der Waals surface area contributed by atoms with Crippen LogP contribution in [0.2, 0.25) is 0 Å². The average molecular weight is 337 g/mol. The van der Waals surface area contributed by atoms with Crippen molar-refractivity contribution in [2.75, 3.05) is 6.54 Å². The molecule has 0 aliphatic heterocycles. The van der Waals surface area contributed by atoms with E-state index in [9.17, 15) is 14.9 Å². The van der Waals surface area contributed by atoms with E-state index in [4.69, 9.17) is 4.74 Å². The molecule has 7 nitrogen and oxygen atoms in total. The zero-order valence-electron chi connectivity index (χ0n) is 15.0. The number of nitrogens with zero attached hydrogens (tertiary/aromatic N) is 1. The molecule has 2 N–H and O–H groups in total. The number of rotatable bonds is 7. The van der Waals surface area contributed by atoms with Crippen LogP contribution in [0.4, 0.5) is 10.5 Å². The molecule has 24 heavy (non-hydrogen) atoms. The summed E-state index contributed by atoms with van der Waals surface area (Å²) in [5.74, 6) is 0. The summed E-state index contributed by atoms with van der Waals surface area (Å²) in [7, 11) is 0. The van der Waals surface area contributed by atoms with Crippen molar-refractivity contribution in [3.8, 4) is 0 Å². The van der Waals surface area contributed by atoms with Crippen LogP contribution in [0, 0.1) is 10.1 Å². The van der Waals surface area contributed by atoms with Crippen LogP contribution in [0.3, 0.4) is 0 Å². The van der Waals surface area contributed by atoms with Crippen LogP contribution < -0.4 is 10.6 Å². The molecule has 2 unspecified atom stereocenters. The van der Waals surface area contributed by atoms with E-state index in [2.05, 4.69) is 10.6 Å². The minimum absolute atomic E-state index is 0.0142. The maximum atomic E-state index is 11.8. The van der Waals surface area contributed by atoms with Crippen molar-refractivity contribution in [3.05, 3.63) is 39.9 Å². The minimum atomic E-state index is -0.526. The molecule has 1 amide bonds. The van der Waals surface area contributed by atoms with Gasteiger partial charge in [0.25, 0.3) is 5.69 Å². The molecule has 134 valence electrons. The number of hydrogen-bond donors (Lipinski definition) is 2. The van der Waals surface area contributed by atoms with Gasteiger partial charge in [-0.15, -0.1) is 0 Å². The van der Waals surface area contributed by atoms with E-state index < -0.39 is 16.6 Å². The SMILES string of the molecule is CCC(CNC(C)c1ccc([N+](=O)[O-])cc1)NC(=O)OC(C)(C)C. The highest BCUT2D eigenvalue weighted by molar-refractivity contribution is 5.68. The Morgan fingerprint density at radius 3 is 2.33 bits per heavy atom. The Morgan fingerprint density at radius 2 is 1.88 bits per heavy atom. The normalized spacial score (nSPS) is 13.9. The summed E-state index contributed by atoms with van der Waals surface area (Å²) in [6.45, 7) is 10.0. The first kappa shape index (κ1) is 19.9. The number of nitrogens with one attached hydrogen (secondary N) is 2. The fourth-order valence-corrected chi connectivity index (χ4v) is 2.09. The molecule has 0 saturated heterocycles. The van der Waals surface area contributed by atoms with E-state index >= 15 is 0 Å². The van der Waals surface area contributed by atoms with Gasteiger partial charge in [-0.05, 0) is 39.7 Å². The highest BCUT2D eigenvalue weighted by atomic mass is 16.6. The number of amides is 1. The zero-order valence-corrected chi connectivity index (χ0v) is 15.0. The van der Waals surface area contributed by atoms with Crippen LogP contribution in [0.25, 0.3) is 0 Å². The molecule has 0 heterocycles. The predicted octanol–water partition coefficient (Wildman–Crippen LogP) is 3.55. The van der Waals surface area contributed by atoms with Gasteiger partial charge in [0, 0.05) is 30.8 Å². The first-order valence-corrected chi connectivity index (χ1v) is 8.09. The monoisotopic (exact) mass is 337 g/mol. The van der Waals surface area contributed by atoms with Crippen LogP contribution in [-0.2, 0) is 4.74 Å². The van der Waals surface area contributed by atoms with Crippen LogP contribution >= 0.6 is 0 Å². The zero-order chi connectivity index (χ0) is 18.3. The highest BCUT2D eigenvalue weighted by Crippen LogP contribution is 2.17. The fraction of sp³-hybridized carbons (Fsp3) is 0.588. The maximum Gasteiger partial charge on any atom is 0.407 e. The second-order valence-electron chi connectivity index (χ2n) is 6.73. The van der Waals surface area contributed by atoms with Crippen LogP contribution in [-0.4, -0.2) is 29.2 Å². The molecular formula is C17H27N3O4. The summed E-state index contributed by atoms with van der Waals surface area (Å²) in [4.78, 5) is 22.1. The number of alkyl carbamates (subject to hydrolysis) is 1. The van der Waals surface area contributed by atoms with Crippen molar-refractivity contribution in [3.63, 3.8) is 0 Å². The number of nitro benzene ring substituents is 1. The number of hydrogen-bond acceptors (Lipinski definition) is 5. The van der Waals surface area contributed by atoms with Gasteiger partial charge in [-0.1, -0.05) is 19.1 Å². The largest absolute Gasteiger partial charge is 0.444 e. The lowest BCUT2D eigenvalue weighted by atomic mass is 10.1. The fourth-order valence-electron chi connectivity index (χ4n) is 2.09. The Hall–Kier alpha value is -2.15. The number of nitro groups is 1. The lowest BCUT2D eigenvalue weighted by Crippen LogP contribution is -2.44. The maximum absolute atomic E-state index is 11.8. The van der Waals surface area contributed by atoms with Crippen LogP contribution in [0.1, 0.15) is 52.6 Å². The summed E-state index contributed by atoms with van der Waals surface area (Å²) < 4.78 is 5.26. The molecule has 0 aliphatic rings. The summed E-state index contributed by atoms with van der Waals surface area (Å²) in [5.41, 5.74) is 0.499. The molecule has 0 spiro atoms. The Bertz CT molecular complexity index is 552. The highest BCUT2D eigenvalue weighted by Gasteiger charge is 2.19. The number of benzene rings is 1. The second-order valence-corrected chi connectivity index (χ2v) is 6.73. The molecule has 2 atom stereocenters.